The van der Waals surface area contributed by atoms with Gasteiger partial charge < -0.3 is 0 Å². The average Bonchev–Trinajstić information content (AvgIpc) is 1.61. The second kappa shape index (κ2) is 4.43. The lowest BCUT2D eigenvalue weighted by atomic mass is 11.3. The van der Waals surface area contributed by atoms with Crippen LogP contribution in [0.15, 0.2) is 0 Å². The molecule has 0 aromatic carbocycles. The summed E-state index contributed by atoms with van der Waals surface area (Å²) >= 11 is 0. The van der Waals surface area contributed by atoms with Gasteiger partial charge in [0.1, 0.15) is 0 Å². The summed E-state index contributed by atoms with van der Waals surface area (Å²) in [4.78, 5) is 0. The van der Waals surface area contributed by atoms with Crippen molar-refractivity contribution in [2.45, 2.75) is 0 Å². The zero-order chi connectivity index (χ0) is 5.70. The van der Waals surface area contributed by atoms with Crippen LogP contribution in [0.3, 0.4) is 0 Å². The summed E-state index contributed by atoms with van der Waals surface area (Å²) in [5, 5.41) is 0. The molecule has 2 nitrogen and oxygen atoms in total. The molecule has 0 N–H and O–H groups in total. The minimum Gasteiger partial charge on any atom is -0.193 e. The Morgan fingerprint density at radius 3 is 2.14 bits per heavy atom. The van der Waals surface area contributed by atoms with Crippen molar-refractivity contribution in [2.75, 3.05) is 20.8 Å². The molecule has 4 heteroatoms. The molecule has 0 saturated heterocycles. The molecule has 0 aromatic rings. The first-order valence-corrected chi connectivity index (χ1v) is 4.04. The van der Waals surface area contributed by atoms with Gasteiger partial charge in [-0.25, -0.2) is 0 Å². The molecule has 40 valence electrons. The fraction of sp³-hybridized carbons (Fsp3) is 1.00. The van der Waals surface area contributed by atoms with Crippen LogP contribution >= 0.6 is 16.9 Å². The second-order valence-electron chi connectivity index (χ2n) is 1.23. The molecule has 7 heavy (non-hydrogen) atoms. The van der Waals surface area contributed by atoms with Crippen LogP contribution < -0.4 is 4.17 Å². The Balaban J connectivity index is 3.46. The molecule has 0 fully saturated rings. The third kappa shape index (κ3) is 6.27. The van der Waals surface area contributed by atoms with E-state index >= 15 is 0 Å². The van der Waals surface area contributed by atoms with Gasteiger partial charge in [0.15, 0.2) is 0 Å². The summed E-state index contributed by atoms with van der Waals surface area (Å²) in [6.45, 7) is 2.01. The second-order valence-corrected chi connectivity index (χ2v) is 3.32. The Morgan fingerprint density at radius 1 is 1.43 bits per heavy atom. The molecule has 0 aliphatic carbocycles. The zero-order valence-electron chi connectivity index (χ0n) is 4.79. The number of hydrogen-bond acceptors (Lipinski definition) is 0. The first-order valence-electron chi connectivity index (χ1n) is 1.94. The molecule has 0 bridgehead atoms. The molecule has 0 saturated carbocycles. The maximum absolute atomic E-state index is 4.04. The van der Waals surface area contributed by atoms with E-state index in [-0.39, 0.29) is 0 Å². The van der Waals surface area contributed by atoms with E-state index < -0.39 is 0 Å². The third-order valence-electron chi connectivity index (χ3n) is 0.308. The van der Waals surface area contributed by atoms with Crippen LogP contribution in [0.1, 0.15) is 0 Å². The van der Waals surface area contributed by atoms with E-state index in [2.05, 4.69) is 4.17 Å². The SMILES string of the molecule is CP=[N+]=PN(C)C. The van der Waals surface area contributed by atoms with E-state index in [9.17, 15) is 0 Å². The molecule has 0 spiro atoms. The fourth-order valence-electron chi connectivity index (χ4n) is 0.120. The zero-order valence-corrected chi connectivity index (χ0v) is 6.58. The van der Waals surface area contributed by atoms with Crippen LogP contribution in [-0.4, -0.2) is 25.4 Å². The van der Waals surface area contributed by atoms with Crippen LogP contribution in [0.4, 0.5) is 0 Å². The summed E-state index contributed by atoms with van der Waals surface area (Å²) in [5.74, 6) is 0. The summed E-state index contributed by atoms with van der Waals surface area (Å²) in [7, 11) is 6.16. The minimum atomic E-state index is 1.06. The van der Waals surface area contributed by atoms with Gasteiger partial charge >= 0.3 is 16.9 Å². The van der Waals surface area contributed by atoms with Crippen molar-refractivity contribution in [3.63, 3.8) is 0 Å². The van der Waals surface area contributed by atoms with Crippen molar-refractivity contribution < 1.29 is 0 Å². The lowest BCUT2D eigenvalue weighted by Crippen LogP contribution is -1.91. The van der Waals surface area contributed by atoms with E-state index in [0.29, 0.717) is 0 Å². The highest BCUT2D eigenvalue weighted by molar-refractivity contribution is 7.32. The van der Waals surface area contributed by atoms with Gasteiger partial charge in [-0.05, 0) is 0 Å². The molecule has 0 heterocycles. The van der Waals surface area contributed by atoms with Crippen molar-refractivity contribution in [2.24, 2.45) is 0 Å². The fourth-order valence-corrected chi connectivity index (χ4v) is 1.08. The maximum Gasteiger partial charge on any atom is 0.461 e. The highest BCUT2D eigenvalue weighted by Crippen LogP contribution is 1.94. The predicted octanol–water partition coefficient (Wildman–Crippen LogP) is 1.42. The van der Waals surface area contributed by atoms with Crippen molar-refractivity contribution in [3.8, 4) is 0 Å². The van der Waals surface area contributed by atoms with Crippen molar-refractivity contribution >= 4 is 16.9 Å². The van der Waals surface area contributed by atoms with Crippen molar-refractivity contribution in [1.29, 1.82) is 0 Å². The summed E-state index contributed by atoms with van der Waals surface area (Å²) < 4.78 is 6.05. The molecular formula is C3H9N2P2+. The van der Waals surface area contributed by atoms with Crippen molar-refractivity contribution in [3.05, 3.63) is 0 Å². The van der Waals surface area contributed by atoms with Gasteiger partial charge in [0.2, 0.25) is 0 Å². The Hall–Kier alpha value is 0.270. The number of rotatable bonds is 1. The van der Waals surface area contributed by atoms with Crippen LogP contribution in [0.2, 0.25) is 0 Å². The predicted molar refractivity (Wildman–Crippen MR) is 35.6 cm³/mol. The van der Waals surface area contributed by atoms with Crippen LogP contribution in [0, 0.1) is 0 Å². The molecule has 0 radical (unpaired) electrons. The lowest BCUT2D eigenvalue weighted by Gasteiger charge is -1.81. The lowest BCUT2D eigenvalue weighted by molar-refractivity contribution is 0.696. The number of hydrogen-bond donors (Lipinski definition) is 0. The van der Waals surface area contributed by atoms with Crippen LogP contribution in [-0.2, 0) is 0 Å². The summed E-state index contributed by atoms with van der Waals surface area (Å²) in [6, 6.07) is 0. The van der Waals surface area contributed by atoms with Crippen LogP contribution in [0.25, 0.3) is 0 Å². The number of nitrogens with zero attached hydrogens (tertiary/aromatic N) is 2. The van der Waals surface area contributed by atoms with Gasteiger partial charge in [-0.15, -0.1) is 0 Å². The van der Waals surface area contributed by atoms with Crippen LogP contribution in [0.5, 0.6) is 0 Å². The maximum atomic E-state index is 4.04. The topological polar surface area (TPSA) is 17.3 Å². The summed E-state index contributed by atoms with van der Waals surface area (Å²) in [5.41, 5.74) is 0. The minimum absolute atomic E-state index is 1.06. The molecule has 0 rings (SSSR count). The van der Waals surface area contributed by atoms with Gasteiger partial charge in [0, 0.05) is 14.1 Å². The molecule has 0 aromatic heterocycles. The highest BCUT2D eigenvalue weighted by atomic mass is 31.1. The van der Waals surface area contributed by atoms with E-state index in [4.69, 9.17) is 0 Å². The highest BCUT2D eigenvalue weighted by Gasteiger charge is 1.86. The molecule has 0 aliphatic rings. The first-order chi connectivity index (χ1) is 3.27. The van der Waals surface area contributed by atoms with Gasteiger partial charge in [-0.2, -0.15) is 4.67 Å². The molecular weight excluding hydrogens is 126 g/mol. The van der Waals surface area contributed by atoms with Gasteiger partial charge in [0.25, 0.3) is 0 Å². The summed E-state index contributed by atoms with van der Waals surface area (Å²) in [6.07, 6.45) is 0. The monoisotopic (exact) mass is 135 g/mol. The van der Waals surface area contributed by atoms with Gasteiger partial charge in [-0.1, -0.05) is 4.17 Å². The third-order valence-corrected chi connectivity index (χ3v) is 1.70. The Morgan fingerprint density at radius 2 is 2.00 bits per heavy atom. The Bertz CT molecular complexity index is 93.1. The Labute approximate surface area is 47.4 Å². The normalized spacial score (nSPS) is 10.3. The van der Waals surface area contributed by atoms with E-state index in [1.54, 1.807) is 0 Å². The van der Waals surface area contributed by atoms with Crippen molar-refractivity contribution in [1.82, 2.24) is 8.84 Å². The molecule has 0 amide bonds. The smallest absolute Gasteiger partial charge is 0.193 e. The molecule has 0 unspecified atom stereocenters. The average molecular weight is 135 g/mol. The largest absolute Gasteiger partial charge is 0.461 e. The quantitative estimate of drug-likeness (QED) is 0.392. The standard InChI is InChI=1S/C3H9N2P2/c1-5(2)7-4-6-3/h1-3H3/q+1. The molecule has 0 atom stereocenters. The Kier molecular flexibility index (Phi) is 4.60. The molecule has 0 aliphatic heterocycles. The first kappa shape index (κ1) is 7.27. The van der Waals surface area contributed by atoms with Gasteiger partial charge in [-0.3, -0.25) is 0 Å². The van der Waals surface area contributed by atoms with E-state index in [0.717, 1.165) is 16.9 Å². The van der Waals surface area contributed by atoms with E-state index in [1.165, 1.54) is 0 Å². The van der Waals surface area contributed by atoms with E-state index in [1.807, 2.05) is 25.4 Å². The van der Waals surface area contributed by atoms with Gasteiger partial charge in [0.05, 0.1) is 6.66 Å².